The molecule has 5 rings (SSSR count). The molecule has 6 heteroatoms. The van der Waals surface area contributed by atoms with E-state index >= 15 is 0 Å². The van der Waals surface area contributed by atoms with Crippen molar-refractivity contribution in [1.29, 1.82) is 5.41 Å². The molecule has 0 bridgehead atoms. The highest BCUT2D eigenvalue weighted by Gasteiger charge is 2.16. The van der Waals surface area contributed by atoms with Gasteiger partial charge in [0.25, 0.3) is 0 Å². The van der Waals surface area contributed by atoms with E-state index in [1.807, 2.05) is 94.4 Å². The number of benzene rings is 4. The maximum Gasteiger partial charge on any atom is 0.193 e. The number of aryl methyl sites for hydroxylation is 2. The Morgan fingerprint density at radius 3 is 1.82 bits per heavy atom. The summed E-state index contributed by atoms with van der Waals surface area (Å²) >= 11 is 1.79. The Balaban J connectivity index is 0.00000112. The Morgan fingerprint density at radius 1 is 0.750 bits per heavy atom. The van der Waals surface area contributed by atoms with Gasteiger partial charge in [0.1, 0.15) is 0 Å². The molecule has 5 aromatic rings. The van der Waals surface area contributed by atoms with E-state index < -0.39 is 0 Å². The lowest BCUT2D eigenvalue weighted by Gasteiger charge is -2.05. The van der Waals surface area contributed by atoms with Crippen molar-refractivity contribution in [3.63, 3.8) is 0 Å². The number of aliphatic hydroxyl groups is 1. The number of carbonyl (C=O) groups excluding carboxylic acids is 2. The quantitative estimate of drug-likeness (QED) is 0.0751. The van der Waals surface area contributed by atoms with E-state index in [9.17, 15) is 9.59 Å². The van der Waals surface area contributed by atoms with E-state index in [0.717, 1.165) is 53.2 Å². The summed E-state index contributed by atoms with van der Waals surface area (Å²) < 4.78 is 2.24. The van der Waals surface area contributed by atoms with Crippen molar-refractivity contribution in [2.24, 2.45) is 0 Å². The number of carbonyl (C=O) groups is 2. The lowest BCUT2D eigenvalue weighted by Crippen LogP contribution is -2.01. The maximum atomic E-state index is 13.1. The molecule has 0 aliphatic carbocycles. The van der Waals surface area contributed by atoms with E-state index in [4.69, 9.17) is 10.5 Å². The lowest BCUT2D eigenvalue weighted by molar-refractivity contribution is 0.0981. The molecule has 4 aromatic carbocycles. The molecule has 0 spiro atoms. The first-order valence-electron chi connectivity index (χ1n) is 15.2. The molecule has 0 fully saturated rings. The fraction of sp³-hybridized carbons (Fsp3) is 0.289. The van der Waals surface area contributed by atoms with Crippen LogP contribution >= 0.6 is 11.8 Å². The fourth-order valence-electron chi connectivity index (χ4n) is 4.72. The third-order valence-corrected chi connectivity index (χ3v) is 7.74. The van der Waals surface area contributed by atoms with Gasteiger partial charge in [-0.25, -0.2) is 0 Å². The first kappa shape index (κ1) is 38.0. The standard InChI is InChI=1S/C32H29NO2S.2C2H6.CH3N.CH4O/c1-3-33-29-17-13-24(31(34)10-7-19-36-26-15-11-22(2)12-16-26)20-27(29)28-21-25(14-18-30(28)33)32(35)23-8-5-4-6-9-23;4*1-2/h4-6,8-9,11-18,20-21H,3,7,10,19H2,1-2H3;2*1-2H3;2H,1H2;2H,1H3. The van der Waals surface area contributed by atoms with Crippen LogP contribution in [-0.2, 0) is 6.54 Å². The van der Waals surface area contributed by atoms with Crippen LogP contribution in [0.5, 0.6) is 0 Å². The largest absolute Gasteiger partial charge is 0.400 e. The first-order valence-corrected chi connectivity index (χ1v) is 16.2. The number of hydrogen-bond donors (Lipinski definition) is 2. The van der Waals surface area contributed by atoms with E-state index in [2.05, 4.69) is 49.4 Å². The van der Waals surface area contributed by atoms with Gasteiger partial charge in [0.05, 0.1) is 0 Å². The fourth-order valence-corrected chi connectivity index (χ4v) is 5.57. The molecule has 0 radical (unpaired) electrons. The van der Waals surface area contributed by atoms with Crippen LogP contribution in [0.3, 0.4) is 0 Å². The van der Waals surface area contributed by atoms with Crippen LogP contribution in [-0.4, -0.2) is 40.8 Å². The topological polar surface area (TPSA) is 83.2 Å². The van der Waals surface area contributed by atoms with Gasteiger partial charge in [-0.05, 0) is 81.3 Å². The van der Waals surface area contributed by atoms with Crippen LogP contribution in [0.2, 0.25) is 0 Å². The van der Waals surface area contributed by atoms with Gasteiger partial charge in [0.15, 0.2) is 11.6 Å². The monoisotopic (exact) mass is 612 g/mol. The Kier molecular flexibility index (Phi) is 18.0. The number of aromatic nitrogens is 1. The number of aliphatic hydroxyl groups excluding tert-OH is 1. The van der Waals surface area contributed by atoms with Gasteiger partial charge in [-0.3, -0.25) is 9.59 Å². The van der Waals surface area contributed by atoms with Crippen molar-refractivity contribution < 1.29 is 14.7 Å². The maximum absolute atomic E-state index is 13.1. The van der Waals surface area contributed by atoms with Crippen LogP contribution < -0.4 is 0 Å². The summed E-state index contributed by atoms with van der Waals surface area (Å²) in [6.07, 6.45) is 1.36. The minimum Gasteiger partial charge on any atom is -0.400 e. The molecule has 5 nitrogen and oxygen atoms in total. The van der Waals surface area contributed by atoms with Gasteiger partial charge in [-0.2, -0.15) is 0 Å². The van der Waals surface area contributed by atoms with Crippen molar-refractivity contribution in [1.82, 2.24) is 4.57 Å². The number of nitrogens with zero attached hydrogens (tertiary/aromatic N) is 1. The van der Waals surface area contributed by atoms with Gasteiger partial charge in [0, 0.05) is 63.5 Å². The Morgan fingerprint density at radius 2 is 1.27 bits per heavy atom. The average molecular weight is 613 g/mol. The molecule has 0 amide bonds. The predicted molar refractivity (Wildman–Crippen MR) is 191 cm³/mol. The molecule has 0 aliphatic rings. The van der Waals surface area contributed by atoms with Gasteiger partial charge in [0.2, 0.25) is 0 Å². The molecule has 2 N–H and O–H groups in total. The second kappa shape index (κ2) is 20.8. The molecule has 0 atom stereocenters. The summed E-state index contributed by atoms with van der Waals surface area (Å²) in [7, 11) is 1.00. The normalized spacial score (nSPS) is 9.73. The number of hydrogen-bond acceptors (Lipinski definition) is 5. The Labute approximate surface area is 267 Å². The molecular formula is C38H48N2O3S. The number of rotatable bonds is 9. The number of Topliss-reactive ketones (excluding diaryl/α,β-unsaturated/α-hetero) is 1. The van der Waals surface area contributed by atoms with E-state index in [-0.39, 0.29) is 11.6 Å². The van der Waals surface area contributed by atoms with Crippen molar-refractivity contribution in [3.05, 3.63) is 113 Å². The van der Waals surface area contributed by atoms with Crippen LogP contribution in [0.15, 0.2) is 95.9 Å². The number of ketones is 2. The average Bonchev–Trinajstić information content (AvgIpc) is 3.43. The molecule has 0 saturated carbocycles. The molecule has 44 heavy (non-hydrogen) atoms. The van der Waals surface area contributed by atoms with Crippen LogP contribution in [0.4, 0.5) is 0 Å². The Bertz CT molecular complexity index is 1580. The van der Waals surface area contributed by atoms with Gasteiger partial charge in [-0.1, -0.05) is 75.7 Å². The van der Waals surface area contributed by atoms with Crippen molar-refractivity contribution in [3.8, 4) is 0 Å². The first-order chi connectivity index (χ1) is 21.5. The summed E-state index contributed by atoms with van der Waals surface area (Å²) in [5.74, 6) is 1.08. The number of nitrogens with one attached hydrogen (secondary N) is 1. The summed E-state index contributed by atoms with van der Waals surface area (Å²) in [6, 6.07) is 29.8. The number of thioether (sulfide) groups is 1. The predicted octanol–water partition coefficient (Wildman–Crippen LogP) is 10.0. The molecule has 0 aliphatic heterocycles. The second-order valence-electron chi connectivity index (χ2n) is 9.09. The molecule has 1 aromatic heterocycles. The highest BCUT2D eigenvalue weighted by molar-refractivity contribution is 7.99. The molecule has 0 saturated heterocycles. The molecule has 234 valence electrons. The van der Waals surface area contributed by atoms with Gasteiger partial charge in [-0.15, -0.1) is 11.8 Å². The van der Waals surface area contributed by atoms with Crippen molar-refractivity contribution >= 4 is 51.9 Å². The number of fused-ring (bicyclic) bond motifs is 3. The summed E-state index contributed by atoms with van der Waals surface area (Å²) in [4.78, 5) is 27.4. The van der Waals surface area contributed by atoms with Gasteiger partial charge >= 0.3 is 0 Å². The highest BCUT2D eigenvalue weighted by Crippen LogP contribution is 2.32. The molecular weight excluding hydrogens is 564 g/mol. The third kappa shape index (κ3) is 9.76. The van der Waals surface area contributed by atoms with E-state index in [1.165, 1.54) is 10.5 Å². The van der Waals surface area contributed by atoms with Crippen LogP contribution in [0, 0.1) is 12.3 Å². The van der Waals surface area contributed by atoms with Crippen LogP contribution in [0.25, 0.3) is 21.8 Å². The summed E-state index contributed by atoms with van der Waals surface area (Å²) in [6.45, 7) is 15.5. The third-order valence-electron chi connectivity index (χ3n) is 6.64. The molecule has 1 heterocycles. The second-order valence-corrected chi connectivity index (χ2v) is 10.3. The molecule has 0 unspecified atom stereocenters. The summed E-state index contributed by atoms with van der Waals surface area (Å²) in [5.41, 5.74) is 5.49. The zero-order chi connectivity index (χ0) is 33.1. The SMILES string of the molecule is C=N.CC.CC.CCn1c2ccc(C(=O)CCCSc3ccc(C)cc3)cc2c2cc(C(=O)c3ccccc3)ccc21.CO. The van der Waals surface area contributed by atoms with Crippen molar-refractivity contribution in [2.45, 2.75) is 65.8 Å². The minimum absolute atomic E-state index is 0.00760. The lowest BCUT2D eigenvalue weighted by atomic mass is 10.00. The minimum atomic E-state index is 0.00760. The van der Waals surface area contributed by atoms with E-state index in [1.54, 1.807) is 11.8 Å². The summed E-state index contributed by atoms with van der Waals surface area (Å²) in [5, 5.41) is 14.5. The zero-order valence-corrected chi connectivity index (χ0v) is 28.1. The van der Waals surface area contributed by atoms with Crippen molar-refractivity contribution in [2.75, 3.05) is 12.9 Å². The van der Waals surface area contributed by atoms with Gasteiger partial charge < -0.3 is 15.1 Å². The van der Waals surface area contributed by atoms with Crippen LogP contribution in [0.1, 0.15) is 79.3 Å². The van der Waals surface area contributed by atoms with E-state index in [0.29, 0.717) is 17.5 Å². The smallest absolute Gasteiger partial charge is 0.193 e. The highest BCUT2D eigenvalue weighted by atomic mass is 32.2. The zero-order valence-electron chi connectivity index (χ0n) is 27.3. The Hall–Kier alpha value is -4.00.